The average molecular weight is 167 g/mol. The molecule has 4 heteroatoms. The van der Waals surface area contributed by atoms with Crippen molar-refractivity contribution in [2.75, 3.05) is 13.1 Å². The Bertz CT molecular complexity index is 208. The number of rotatable bonds is 1. The quantitative estimate of drug-likeness (QED) is 0.595. The van der Waals surface area contributed by atoms with Crippen LogP contribution in [0.5, 0.6) is 0 Å². The van der Waals surface area contributed by atoms with E-state index in [0.29, 0.717) is 0 Å². The van der Waals surface area contributed by atoms with Crippen molar-refractivity contribution >= 4 is 12.1 Å². The smallest absolute Gasteiger partial charge is 0.263 e. The van der Waals surface area contributed by atoms with Crippen LogP contribution in [0.2, 0.25) is 0 Å². The third kappa shape index (κ3) is 1.34. The molecule has 0 aromatic heterocycles. The number of carbonyl (C=O) groups excluding carboxylic acids is 1. The maximum atomic E-state index is 11.2. The molecule has 12 heavy (non-hydrogen) atoms. The number of likely N-dealkylation sites (tertiary alicyclic amines) is 1. The molecule has 2 aliphatic heterocycles. The molecule has 66 valence electrons. The molecule has 1 N–H and O–H groups in total. The van der Waals surface area contributed by atoms with E-state index >= 15 is 0 Å². The summed E-state index contributed by atoms with van der Waals surface area (Å²) in [6.07, 6.45) is 5.41. The van der Waals surface area contributed by atoms with E-state index in [2.05, 4.69) is 15.4 Å². The molecule has 0 aromatic rings. The van der Waals surface area contributed by atoms with Crippen molar-refractivity contribution in [1.82, 2.24) is 10.3 Å². The van der Waals surface area contributed by atoms with Gasteiger partial charge < -0.3 is 0 Å². The average Bonchev–Trinajstić information content (AvgIpc) is 2.53. The molecule has 1 atom stereocenters. The van der Waals surface area contributed by atoms with Crippen molar-refractivity contribution in [2.45, 2.75) is 25.3 Å². The first kappa shape index (κ1) is 7.73. The van der Waals surface area contributed by atoms with Crippen molar-refractivity contribution in [3.8, 4) is 0 Å². The monoisotopic (exact) mass is 167 g/mol. The molecule has 0 spiro atoms. The van der Waals surface area contributed by atoms with Gasteiger partial charge in [0, 0.05) is 0 Å². The largest absolute Gasteiger partial charge is 0.287 e. The first-order chi connectivity index (χ1) is 5.88. The number of nitrogens with zero attached hydrogens (tertiary/aromatic N) is 2. The molecule has 2 heterocycles. The van der Waals surface area contributed by atoms with Crippen molar-refractivity contribution in [3.05, 3.63) is 0 Å². The summed E-state index contributed by atoms with van der Waals surface area (Å²) in [7, 11) is 0. The van der Waals surface area contributed by atoms with Gasteiger partial charge >= 0.3 is 0 Å². The Kier molecular flexibility index (Phi) is 2.08. The predicted octanol–water partition coefficient (Wildman–Crippen LogP) is -0.0435. The number of hydrazone groups is 1. The number of nitrogens with one attached hydrogen (secondary N) is 1. The molecule has 2 rings (SSSR count). The second-order valence-corrected chi connectivity index (χ2v) is 3.30. The molecule has 4 nitrogen and oxygen atoms in total. The summed E-state index contributed by atoms with van der Waals surface area (Å²) < 4.78 is 0. The molecule has 0 radical (unpaired) electrons. The van der Waals surface area contributed by atoms with Gasteiger partial charge in [-0.2, -0.15) is 5.10 Å². The lowest BCUT2D eigenvalue weighted by Gasteiger charge is -2.28. The van der Waals surface area contributed by atoms with E-state index in [-0.39, 0.29) is 11.9 Å². The lowest BCUT2D eigenvalue weighted by Crippen LogP contribution is -2.45. The summed E-state index contributed by atoms with van der Waals surface area (Å²) in [6.45, 7) is 2.06. The van der Waals surface area contributed by atoms with Crippen LogP contribution in [0.4, 0.5) is 0 Å². The molecule has 2 aliphatic rings. The van der Waals surface area contributed by atoms with Crippen LogP contribution in [0.25, 0.3) is 0 Å². The van der Waals surface area contributed by atoms with E-state index in [4.69, 9.17) is 0 Å². The van der Waals surface area contributed by atoms with Crippen LogP contribution in [0.15, 0.2) is 5.10 Å². The van der Waals surface area contributed by atoms with Gasteiger partial charge in [0.05, 0.1) is 6.21 Å². The Morgan fingerprint density at radius 1 is 1.42 bits per heavy atom. The summed E-state index contributed by atoms with van der Waals surface area (Å²) in [5.41, 5.74) is 2.46. The van der Waals surface area contributed by atoms with E-state index in [1.165, 1.54) is 19.3 Å². The highest BCUT2D eigenvalue weighted by Crippen LogP contribution is 2.12. The van der Waals surface area contributed by atoms with E-state index < -0.39 is 0 Å². The number of hydrogen-bond acceptors (Lipinski definition) is 3. The minimum absolute atomic E-state index is 0.0249. The molecule has 0 aromatic carbocycles. The van der Waals surface area contributed by atoms with Gasteiger partial charge in [0.1, 0.15) is 6.04 Å². The molecule has 0 aliphatic carbocycles. The van der Waals surface area contributed by atoms with Crippen LogP contribution in [-0.4, -0.2) is 36.2 Å². The van der Waals surface area contributed by atoms with Gasteiger partial charge in [-0.25, -0.2) is 5.43 Å². The molecule has 1 saturated heterocycles. The molecular formula is C8H13N3O. The minimum atomic E-state index is -0.0923. The summed E-state index contributed by atoms with van der Waals surface area (Å²) in [5.74, 6) is 0.0249. The fourth-order valence-corrected chi connectivity index (χ4v) is 1.76. The Labute approximate surface area is 71.6 Å². The fraction of sp³-hybridized carbons (Fsp3) is 0.750. The summed E-state index contributed by atoms with van der Waals surface area (Å²) in [4.78, 5) is 13.4. The van der Waals surface area contributed by atoms with E-state index in [0.717, 1.165) is 13.1 Å². The van der Waals surface area contributed by atoms with E-state index in [1.807, 2.05) is 0 Å². The molecular weight excluding hydrogens is 154 g/mol. The third-order valence-electron chi connectivity index (χ3n) is 2.44. The minimum Gasteiger partial charge on any atom is -0.287 e. The summed E-state index contributed by atoms with van der Waals surface area (Å²) in [5, 5.41) is 3.75. The topological polar surface area (TPSA) is 44.7 Å². The van der Waals surface area contributed by atoms with Gasteiger partial charge in [-0.3, -0.25) is 9.69 Å². The van der Waals surface area contributed by atoms with Crippen LogP contribution in [0.1, 0.15) is 19.3 Å². The molecule has 1 amide bonds. The molecule has 1 fully saturated rings. The van der Waals surface area contributed by atoms with Gasteiger partial charge in [0.15, 0.2) is 0 Å². The Balaban J connectivity index is 1.97. The maximum Gasteiger partial charge on any atom is 0.263 e. The molecule has 0 bridgehead atoms. The van der Waals surface area contributed by atoms with Crippen molar-refractivity contribution in [2.24, 2.45) is 5.10 Å². The zero-order valence-electron chi connectivity index (χ0n) is 6.99. The van der Waals surface area contributed by atoms with Gasteiger partial charge in [0.2, 0.25) is 0 Å². The zero-order valence-corrected chi connectivity index (χ0v) is 6.99. The predicted molar refractivity (Wildman–Crippen MR) is 45.8 cm³/mol. The van der Waals surface area contributed by atoms with Crippen molar-refractivity contribution in [3.63, 3.8) is 0 Å². The normalized spacial score (nSPS) is 30.7. The highest BCUT2D eigenvalue weighted by atomic mass is 16.2. The second-order valence-electron chi connectivity index (χ2n) is 3.30. The first-order valence-corrected chi connectivity index (χ1v) is 4.45. The van der Waals surface area contributed by atoms with E-state index in [9.17, 15) is 4.79 Å². The number of amides is 1. The standard InChI is InChI=1S/C8H13N3O/c12-8-7(6-9-10-8)11-4-2-1-3-5-11/h6-7H,1-5H2,(H,10,12). The third-order valence-corrected chi connectivity index (χ3v) is 2.44. The lowest BCUT2D eigenvalue weighted by molar-refractivity contribution is -0.123. The van der Waals surface area contributed by atoms with Crippen LogP contribution in [-0.2, 0) is 4.79 Å². The Hall–Kier alpha value is -0.900. The molecule has 1 unspecified atom stereocenters. The summed E-state index contributed by atoms with van der Waals surface area (Å²) >= 11 is 0. The van der Waals surface area contributed by atoms with Crippen LogP contribution in [0, 0.1) is 0 Å². The number of piperidine rings is 1. The van der Waals surface area contributed by atoms with Gasteiger partial charge in [0.25, 0.3) is 5.91 Å². The van der Waals surface area contributed by atoms with E-state index in [1.54, 1.807) is 6.21 Å². The van der Waals surface area contributed by atoms with Crippen molar-refractivity contribution in [1.29, 1.82) is 0 Å². The van der Waals surface area contributed by atoms with Crippen LogP contribution >= 0.6 is 0 Å². The second kappa shape index (κ2) is 3.23. The highest BCUT2D eigenvalue weighted by Gasteiger charge is 2.28. The lowest BCUT2D eigenvalue weighted by atomic mass is 10.1. The fourth-order valence-electron chi connectivity index (χ4n) is 1.76. The molecule has 0 saturated carbocycles. The zero-order chi connectivity index (χ0) is 8.39. The highest BCUT2D eigenvalue weighted by molar-refractivity contribution is 6.01. The van der Waals surface area contributed by atoms with Crippen LogP contribution in [0.3, 0.4) is 0 Å². The summed E-state index contributed by atoms with van der Waals surface area (Å²) in [6, 6.07) is -0.0923. The first-order valence-electron chi connectivity index (χ1n) is 4.45. The number of carbonyl (C=O) groups is 1. The Morgan fingerprint density at radius 3 is 2.75 bits per heavy atom. The van der Waals surface area contributed by atoms with Gasteiger partial charge in [-0.15, -0.1) is 0 Å². The number of hydrogen-bond donors (Lipinski definition) is 1. The van der Waals surface area contributed by atoms with Gasteiger partial charge in [-0.1, -0.05) is 6.42 Å². The SMILES string of the molecule is O=C1NN=CC1N1CCCCC1. The van der Waals surface area contributed by atoms with Crippen LogP contribution < -0.4 is 5.43 Å². The van der Waals surface area contributed by atoms with Crippen molar-refractivity contribution < 1.29 is 4.79 Å². The van der Waals surface area contributed by atoms with Gasteiger partial charge in [-0.05, 0) is 25.9 Å². The Morgan fingerprint density at radius 2 is 2.17 bits per heavy atom. The maximum absolute atomic E-state index is 11.2.